The van der Waals surface area contributed by atoms with Gasteiger partial charge in [-0.15, -0.1) is 0 Å². The van der Waals surface area contributed by atoms with Gasteiger partial charge in [0.05, 0.1) is 30.0 Å². The zero-order chi connectivity index (χ0) is 26.9. The number of aromatic hydroxyl groups is 1. The van der Waals surface area contributed by atoms with Crippen LogP contribution < -0.4 is 15.0 Å². The SMILES string of the molecule is COc1cc(F)cc(-c2cnc3ccc(-c4cccc(C#N)c4O)cc3c2N2CC[C@H]3NCCCO[C@@H]3C2)c1. The van der Waals surface area contributed by atoms with E-state index in [-0.39, 0.29) is 23.5 Å². The number of phenolic OH excluding ortho intramolecular Hbond substituents is 1. The summed E-state index contributed by atoms with van der Waals surface area (Å²) in [5.74, 6) is -0.0194. The van der Waals surface area contributed by atoms with Crippen molar-refractivity contribution in [2.24, 2.45) is 0 Å². The zero-order valence-electron chi connectivity index (χ0n) is 21.7. The number of rotatable bonds is 4. The molecule has 8 heteroatoms. The third kappa shape index (κ3) is 4.76. The molecule has 2 saturated heterocycles. The molecule has 39 heavy (non-hydrogen) atoms. The van der Waals surface area contributed by atoms with E-state index in [2.05, 4.69) is 10.2 Å². The summed E-state index contributed by atoms with van der Waals surface area (Å²) in [6.07, 6.45) is 3.70. The molecule has 2 aliphatic rings. The Labute approximate surface area is 226 Å². The van der Waals surface area contributed by atoms with Crippen molar-refractivity contribution in [2.45, 2.75) is 25.0 Å². The number of nitrogens with zero attached hydrogens (tertiary/aromatic N) is 3. The number of nitriles is 1. The molecule has 2 N–H and O–H groups in total. The van der Waals surface area contributed by atoms with Crippen molar-refractivity contribution >= 4 is 16.6 Å². The highest BCUT2D eigenvalue weighted by atomic mass is 19.1. The fourth-order valence-corrected chi connectivity index (χ4v) is 5.72. The molecular formula is C31H29FN4O3. The van der Waals surface area contributed by atoms with Gasteiger partial charge in [0.2, 0.25) is 0 Å². The van der Waals surface area contributed by atoms with Gasteiger partial charge in [0.25, 0.3) is 0 Å². The second-order valence-electron chi connectivity index (χ2n) is 10.0. The molecule has 0 aliphatic carbocycles. The predicted octanol–water partition coefficient (Wildman–Crippen LogP) is 5.25. The van der Waals surface area contributed by atoms with Crippen LogP contribution in [0.1, 0.15) is 18.4 Å². The number of halogens is 1. The molecular weight excluding hydrogens is 495 g/mol. The second-order valence-corrected chi connectivity index (χ2v) is 10.0. The maximum absolute atomic E-state index is 14.7. The Hall–Kier alpha value is -4.19. The van der Waals surface area contributed by atoms with Crippen LogP contribution in [0.3, 0.4) is 0 Å². The van der Waals surface area contributed by atoms with E-state index in [1.807, 2.05) is 30.3 Å². The van der Waals surface area contributed by atoms with E-state index in [0.29, 0.717) is 30.0 Å². The molecule has 0 saturated carbocycles. The van der Waals surface area contributed by atoms with Gasteiger partial charge < -0.3 is 24.8 Å². The first-order valence-electron chi connectivity index (χ1n) is 13.2. The number of para-hydroxylation sites is 1. The lowest BCUT2D eigenvalue weighted by atomic mass is 9.94. The van der Waals surface area contributed by atoms with Crippen LogP contribution >= 0.6 is 0 Å². The first-order chi connectivity index (χ1) is 19.1. The van der Waals surface area contributed by atoms with Crippen molar-refractivity contribution in [3.8, 4) is 39.8 Å². The molecule has 7 nitrogen and oxygen atoms in total. The van der Waals surface area contributed by atoms with E-state index in [9.17, 15) is 14.8 Å². The largest absolute Gasteiger partial charge is 0.506 e. The Kier molecular flexibility index (Phi) is 6.77. The van der Waals surface area contributed by atoms with Crippen molar-refractivity contribution in [3.63, 3.8) is 0 Å². The highest BCUT2D eigenvalue weighted by molar-refractivity contribution is 6.02. The smallest absolute Gasteiger partial charge is 0.141 e. The van der Waals surface area contributed by atoms with Crippen molar-refractivity contribution in [3.05, 3.63) is 72.2 Å². The number of pyridine rings is 1. The number of piperidine rings is 1. The fraction of sp³-hybridized carbons (Fsp3) is 0.290. The number of anilines is 1. The average molecular weight is 525 g/mol. The van der Waals surface area contributed by atoms with Crippen LogP contribution in [0.2, 0.25) is 0 Å². The summed E-state index contributed by atoms with van der Waals surface area (Å²) in [7, 11) is 1.52. The molecule has 0 amide bonds. The third-order valence-electron chi connectivity index (χ3n) is 7.66. The molecule has 6 rings (SSSR count). The van der Waals surface area contributed by atoms with Gasteiger partial charge in [-0.25, -0.2) is 4.39 Å². The highest BCUT2D eigenvalue weighted by Gasteiger charge is 2.33. The normalized spacial score (nSPS) is 19.3. The Bertz CT molecular complexity index is 1580. The van der Waals surface area contributed by atoms with Crippen molar-refractivity contribution in [1.82, 2.24) is 10.3 Å². The Balaban J connectivity index is 1.55. The number of benzene rings is 3. The van der Waals surface area contributed by atoms with Crippen LogP contribution in [0.4, 0.5) is 10.1 Å². The van der Waals surface area contributed by atoms with Crippen LogP contribution in [-0.4, -0.2) is 55.6 Å². The molecule has 2 atom stereocenters. The summed E-state index contributed by atoms with van der Waals surface area (Å²) < 4.78 is 26.3. The lowest BCUT2D eigenvalue weighted by Crippen LogP contribution is -2.53. The number of hydrogen-bond acceptors (Lipinski definition) is 7. The molecule has 4 aromatic rings. The molecule has 2 aliphatic heterocycles. The molecule has 3 heterocycles. The fourth-order valence-electron chi connectivity index (χ4n) is 5.72. The Morgan fingerprint density at radius 2 is 2.05 bits per heavy atom. The summed E-state index contributed by atoms with van der Waals surface area (Å²) in [4.78, 5) is 7.04. The number of ether oxygens (including phenoxy) is 2. The molecule has 0 radical (unpaired) electrons. The van der Waals surface area contributed by atoms with E-state index < -0.39 is 5.82 Å². The van der Waals surface area contributed by atoms with E-state index in [1.54, 1.807) is 24.4 Å². The van der Waals surface area contributed by atoms with E-state index in [0.717, 1.165) is 53.6 Å². The lowest BCUT2D eigenvalue weighted by molar-refractivity contribution is 0.0377. The maximum Gasteiger partial charge on any atom is 0.141 e. The maximum atomic E-state index is 14.7. The summed E-state index contributed by atoms with van der Waals surface area (Å²) in [5.41, 5.74) is 4.69. The van der Waals surface area contributed by atoms with Crippen LogP contribution in [0.25, 0.3) is 33.2 Å². The van der Waals surface area contributed by atoms with Crippen LogP contribution in [0, 0.1) is 17.1 Å². The minimum Gasteiger partial charge on any atom is -0.506 e. The van der Waals surface area contributed by atoms with Gasteiger partial charge in [-0.1, -0.05) is 18.2 Å². The first-order valence-corrected chi connectivity index (χ1v) is 13.2. The Morgan fingerprint density at radius 1 is 1.15 bits per heavy atom. The quantitative estimate of drug-likeness (QED) is 0.377. The molecule has 2 fully saturated rings. The number of methoxy groups -OCH3 is 1. The van der Waals surface area contributed by atoms with Crippen molar-refractivity contribution in [2.75, 3.05) is 38.3 Å². The van der Waals surface area contributed by atoms with Crippen LogP contribution in [0.5, 0.6) is 11.5 Å². The highest BCUT2D eigenvalue weighted by Crippen LogP contribution is 2.42. The molecule has 198 valence electrons. The Morgan fingerprint density at radius 3 is 2.90 bits per heavy atom. The standard InChI is InChI=1S/C31H29FN4O3/c1-38-23-13-21(12-22(32)15-23)26-17-35-27-7-6-19(24-5-2-4-20(16-33)31(24)37)14-25(27)30(26)36-10-8-28-29(18-36)39-11-3-9-34-28/h2,4-7,12-15,17,28-29,34,37H,3,8-11,18H2,1H3/t28-,29-/m1/s1. The molecule has 3 aromatic carbocycles. The topological polar surface area (TPSA) is 90.6 Å². The minimum atomic E-state index is -0.391. The van der Waals surface area contributed by atoms with Gasteiger partial charge in [-0.2, -0.15) is 5.26 Å². The van der Waals surface area contributed by atoms with Crippen LogP contribution in [-0.2, 0) is 4.74 Å². The molecule has 0 unspecified atom stereocenters. The minimum absolute atomic E-state index is 0.0268. The van der Waals surface area contributed by atoms with Gasteiger partial charge in [0.1, 0.15) is 23.4 Å². The van der Waals surface area contributed by atoms with E-state index in [4.69, 9.17) is 14.5 Å². The molecule has 0 bridgehead atoms. The summed E-state index contributed by atoms with van der Waals surface area (Å²) in [6, 6.07) is 18.0. The number of hydrogen-bond donors (Lipinski definition) is 2. The number of aromatic nitrogens is 1. The molecule has 0 spiro atoms. The summed E-state index contributed by atoms with van der Waals surface area (Å²) in [6.45, 7) is 3.12. The van der Waals surface area contributed by atoms with Gasteiger partial charge in [-0.05, 0) is 60.8 Å². The van der Waals surface area contributed by atoms with Gasteiger partial charge in [0, 0.05) is 54.5 Å². The van der Waals surface area contributed by atoms with E-state index in [1.165, 1.54) is 19.2 Å². The number of phenols is 1. The average Bonchev–Trinajstić information content (AvgIpc) is 3.21. The summed E-state index contributed by atoms with van der Waals surface area (Å²) in [5, 5.41) is 24.7. The van der Waals surface area contributed by atoms with Crippen molar-refractivity contribution in [1.29, 1.82) is 5.26 Å². The summed E-state index contributed by atoms with van der Waals surface area (Å²) >= 11 is 0. The third-order valence-corrected chi connectivity index (χ3v) is 7.66. The van der Waals surface area contributed by atoms with E-state index >= 15 is 0 Å². The van der Waals surface area contributed by atoms with Crippen LogP contribution in [0.15, 0.2) is 60.8 Å². The second kappa shape index (κ2) is 10.5. The lowest BCUT2D eigenvalue weighted by Gasteiger charge is -2.40. The predicted molar refractivity (Wildman–Crippen MR) is 148 cm³/mol. The zero-order valence-corrected chi connectivity index (χ0v) is 21.7. The van der Waals surface area contributed by atoms with Gasteiger partial charge >= 0.3 is 0 Å². The van der Waals surface area contributed by atoms with Crippen molar-refractivity contribution < 1.29 is 19.0 Å². The molecule has 1 aromatic heterocycles. The van der Waals surface area contributed by atoms with Gasteiger partial charge in [0.15, 0.2) is 0 Å². The van der Waals surface area contributed by atoms with Gasteiger partial charge in [-0.3, -0.25) is 4.98 Å². The first kappa shape index (κ1) is 25.1. The number of fused-ring (bicyclic) bond motifs is 2. The monoisotopic (exact) mass is 524 g/mol. The number of nitrogens with one attached hydrogen (secondary N) is 1.